The van der Waals surface area contributed by atoms with Crippen LogP contribution >= 0.6 is 11.6 Å². The van der Waals surface area contributed by atoms with E-state index < -0.39 is 5.97 Å². The summed E-state index contributed by atoms with van der Waals surface area (Å²) in [6, 6.07) is 13.3. The molecular weight excluding hydrogens is 388 g/mol. The van der Waals surface area contributed by atoms with Crippen molar-refractivity contribution in [3.63, 3.8) is 0 Å². The molecule has 4 rings (SSSR count). The Morgan fingerprint density at radius 3 is 2.52 bits per heavy atom. The molecule has 1 saturated heterocycles. The fourth-order valence-electron chi connectivity index (χ4n) is 4.48. The highest BCUT2D eigenvalue weighted by Crippen LogP contribution is 2.37. The van der Waals surface area contributed by atoms with Gasteiger partial charge < -0.3 is 14.9 Å². The number of aliphatic carboxylic acids is 1. The highest BCUT2D eigenvalue weighted by Gasteiger charge is 2.29. The van der Waals surface area contributed by atoms with E-state index in [0.29, 0.717) is 17.1 Å². The van der Waals surface area contributed by atoms with Gasteiger partial charge in [-0.1, -0.05) is 29.8 Å². The van der Waals surface area contributed by atoms with Gasteiger partial charge in [0.25, 0.3) is 5.91 Å². The van der Waals surface area contributed by atoms with E-state index in [1.165, 1.54) is 12.8 Å². The first-order chi connectivity index (χ1) is 14.0. The van der Waals surface area contributed by atoms with Crippen molar-refractivity contribution in [2.24, 2.45) is 0 Å². The zero-order valence-electron chi connectivity index (χ0n) is 16.3. The molecule has 0 spiro atoms. The number of hydrogen-bond acceptors (Lipinski definition) is 3. The molecule has 29 heavy (non-hydrogen) atoms. The third kappa shape index (κ3) is 4.10. The number of benzene rings is 2. The number of anilines is 2. The van der Waals surface area contributed by atoms with Gasteiger partial charge in [-0.05, 0) is 61.4 Å². The van der Waals surface area contributed by atoms with Crippen molar-refractivity contribution in [3.8, 4) is 0 Å². The van der Waals surface area contributed by atoms with E-state index in [9.17, 15) is 14.7 Å². The lowest BCUT2D eigenvalue weighted by molar-refractivity contribution is -0.137. The average molecular weight is 413 g/mol. The van der Waals surface area contributed by atoms with Crippen molar-refractivity contribution in [2.75, 3.05) is 29.4 Å². The van der Waals surface area contributed by atoms with Crippen LogP contribution in [0.25, 0.3) is 0 Å². The molecule has 152 valence electrons. The van der Waals surface area contributed by atoms with E-state index >= 15 is 0 Å². The number of rotatable bonds is 4. The van der Waals surface area contributed by atoms with E-state index in [1.54, 1.807) is 4.90 Å². The second-order valence-corrected chi connectivity index (χ2v) is 8.22. The van der Waals surface area contributed by atoms with E-state index in [1.807, 2.05) is 42.5 Å². The largest absolute Gasteiger partial charge is 0.481 e. The van der Waals surface area contributed by atoms with E-state index in [4.69, 9.17) is 11.6 Å². The van der Waals surface area contributed by atoms with Crippen molar-refractivity contribution in [3.05, 3.63) is 58.6 Å². The van der Waals surface area contributed by atoms with Crippen LogP contribution in [-0.2, 0) is 4.79 Å². The standard InChI is InChI=1S/C23H25ClN2O3/c24-20-15-17(25-11-3-4-12-25)9-10-19(20)23(29)26-13-5-6-16(14-22(27)28)18-7-1-2-8-21(18)26/h1-2,7-10,15-16H,3-6,11-14H2,(H,27,28)/t16-/m1/s1. The normalized spacial score (nSPS) is 19.0. The van der Waals surface area contributed by atoms with E-state index in [-0.39, 0.29) is 18.2 Å². The number of para-hydroxylation sites is 1. The molecule has 2 aliphatic rings. The predicted octanol–water partition coefficient (Wildman–Crippen LogP) is 4.94. The minimum atomic E-state index is -0.815. The van der Waals surface area contributed by atoms with Crippen LogP contribution in [0.4, 0.5) is 11.4 Å². The first-order valence-electron chi connectivity index (χ1n) is 10.2. The van der Waals surface area contributed by atoms with Gasteiger partial charge in [0.2, 0.25) is 0 Å². The Morgan fingerprint density at radius 1 is 1.03 bits per heavy atom. The Balaban J connectivity index is 1.64. The molecule has 0 aromatic heterocycles. The smallest absolute Gasteiger partial charge is 0.303 e. The maximum Gasteiger partial charge on any atom is 0.303 e. The lowest BCUT2D eigenvalue weighted by atomic mass is 9.91. The van der Waals surface area contributed by atoms with Crippen LogP contribution in [0.5, 0.6) is 0 Å². The molecule has 0 aliphatic carbocycles. The predicted molar refractivity (Wildman–Crippen MR) is 115 cm³/mol. The van der Waals surface area contributed by atoms with Crippen molar-refractivity contribution < 1.29 is 14.7 Å². The van der Waals surface area contributed by atoms with Crippen LogP contribution in [-0.4, -0.2) is 36.6 Å². The summed E-state index contributed by atoms with van der Waals surface area (Å²) in [7, 11) is 0. The highest BCUT2D eigenvalue weighted by molar-refractivity contribution is 6.34. The lowest BCUT2D eigenvalue weighted by Crippen LogP contribution is -2.32. The highest BCUT2D eigenvalue weighted by atomic mass is 35.5. The molecule has 0 bridgehead atoms. The second kappa shape index (κ2) is 8.46. The Hall–Kier alpha value is -2.53. The molecule has 2 aliphatic heterocycles. The summed E-state index contributed by atoms with van der Waals surface area (Å²) in [4.78, 5) is 28.8. The molecule has 5 nitrogen and oxygen atoms in total. The minimum Gasteiger partial charge on any atom is -0.481 e. The Morgan fingerprint density at radius 2 is 1.79 bits per heavy atom. The first kappa shape index (κ1) is 19.8. The Kier molecular flexibility index (Phi) is 5.76. The number of carboxylic acid groups (broad SMARTS) is 1. The van der Waals surface area contributed by atoms with Crippen molar-refractivity contribution in [1.29, 1.82) is 0 Å². The topological polar surface area (TPSA) is 60.9 Å². The third-order valence-corrected chi connectivity index (χ3v) is 6.23. The number of carbonyl (C=O) groups is 2. The molecule has 1 fully saturated rings. The summed E-state index contributed by atoms with van der Waals surface area (Å²) in [5.41, 5.74) is 3.26. The van der Waals surface area contributed by atoms with Crippen LogP contribution in [0.15, 0.2) is 42.5 Å². The summed E-state index contributed by atoms with van der Waals surface area (Å²) >= 11 is 6.54. The fourth-order valence-corrected chi connectivity index (χ4v) is 4.73. The van der Waals surface area contributed by atoms with Crippen LogP contribution in [0, 0.1) is 0 Å². The molecule has 6 heteroatoms. The molecule has 2 aromatic carbocycles. The van der Waals surface area contributed by atoms with Gasteiger partial charge in [-0.3, -0.25) is 9.59 Å². The summed E-state index contributed by atoms with van der Waals surface area (Å²) in [6.07, 6.45) is 3.93. The van der Waals surface area contributed by atoms with Gasteiger partial charge in [-0.2, -0.15) is 0 Å². The SMILES string of the molecule is O=C(O)C[C@H]1CCCN(C(=O)c2ccc(N3CCCC3)cc2Cl)c2ccccc21. The van der Waals surface area contributed by atoms with E-state index in [0.717, 1.165) is 42.9 Å². The van der Waals surface area contributed by atoms with Gasteiger partial charge in [-0.15, -0.1) is 0 Å². The molecule has 2 heterocycles. The van der Waals surface area contributed by atoms with Gasteiger partial charge in [-0.25, -0.2) is 0 Å². The number of carbonyl (C=O) groups excluding carboxylic acids is 1. The second-order valence-electron chi connectivity index (χ2n) is 7.81. The summed E-state index contributed by atoms with van der Waals surface area (Å²) < 4.78 is 0. The zero-order chi connectivity index (χ0) is 20.4. The lowest BCUT2D eigenvalue weighted by Gasteiger charge is -2.25. The molecule has 1 N–H and O–H groups in total. The maximum atomic E-state index is 13.4. The summed E-state index contributed by atoms with van der Waals surface area (Å²) in [5.74, 6) is -1.04. The minimum absolute atomic E-state index is 0.0737. The molecule has 1 amide bonds. The maximum absolute atomic E-state index is 13.4. The Labute approximate surface area is 175 Å². The molecular formula is C23H25ClN2O3. The summed E-state index contributed by atoms with van der Waals surface area (Å²) in [5, 5.41) is 9.75. The van der Waals surface area contributed by atoms with Crippen molar-refractivity contribution in [1.82, 2.24) is 0 Å². The monoisotopic (exact) mass is 412 g/mol. The fraction of sp³-hybridized carbons (Fsp3) is 0.391. The van der Waals surface area contributed by atoms with E-state index in [2.05, 4.69) is 4.90 Å². The molecule has 0 saturated carbocycles. The average Bonchev–Trinajstić information content (AvgIpc) is 3.18. The number of nitrogens with zero attached hydrogens (tertiary/aromatic N) is 2. The zero-order valence-corrected chi connectivity index (χ0v) is 17.1. The molecule has 0 unspecified atom stereocenters. The number of halogens is 1. The van der Waals surface area contributed by atoms with Gasteiger partial charge in [0, 0.05) is 31.0 Å². The van der Waals surface area contributed by atoms with Crippen LogP contribution in [0.2, 0.25) is 5.02 Å². The van der Waals surface area contributed by atoms with Crippen LogP contribution < -0.4 is 9.80 Å². The van der Waals surface area contributed by atoms with Gasteiger partial charge in [0.15, 0.2) is 0 Å². The summed E-state index contributed by atoms with van der Waals surface area (Å²) in [6.45, 7) is 2.60. The number of amides is 1. The number of fused-ring (bicyclic) bond motifs is 1. The number of carboxylic acids is 1. The molecule has 1 atom stereocenters. The van der Waals surface area contributed by atoms with Gasteiger partial charge >= 0.3 is 5.97 Å². The van der Waals surface area contributed by atoms with Crippen LogP contribution in [0.1, 0.15) is 53.9 Å². The van der Waals surface area contributed by atoms with Crippen molar-refractivity contribution >= 4 is 34.9 Å². The first-order valence-corrected chi connectivity index (χ1v) is 10.6. The molecule has 0 radical (unpaired) electrons. The van der Waals surface area contributed by atoms with Gasteiger partial charge in [0.1, 0.15) is 0 Å². The Bertz CT molecular complexity index is 924. The van der Waals surface area contributed by atoms with Crippen LogP contribution in [0.3, 0.4) is 0 Å². The number of hydrogen-bond donors (Lipinski definition) is 1. The van der Waals surface area contributed by atoms with Crippen molar-refractivity contribution in [2.45, 2.75) is 38.0 Å². The quantitative estimate of drug-likeness (QED) is 0.772. The molecule has 2 aromatic rings. The third-order valence-electron chi connectivity index (χ3n) is 5.92. The van der Waals surface area contributed by atoms with Gasteiger partial charge in [0.05, 0.1) is 17.0 Å².